The van der Waals surface area contributed by atoms with Crippen molar-refractivity contribution in [1.82, 2.24) is 10.2 Å². The normalized spacial score (nSPS) is 23.3. The van der Waals surface area contributed by atoms with E-state index in [1.165, 1.54) is 64.2 Å². The Bertz CT molecular complexity index is 149. The van der Waals surface area contributed by atoms with E-state index in [-0.39, 0.29) is 0 Å². The minimum Gasteiger partial charge on any atom is -0.312 e. The molecule has 0 aromatic heterocycles. The van der Waals surface area contributed by atoms with Crippen molar-refractivity contribution in [3.05, 3.63) is 0 Å². The van der Waals surface area contributed by atoms with Crippen LogP contribution < -0.4 is 5.32 Å². The summed E-state index contributed by atoms with van der Waals surface area (Å²) in [7, 11) is 6.00. The van der Waals surface area contributed by atoms with Crippen molar-refractivity contribution in [3.8, 4) is 0 Å². The molecule has 0 spiro atoms. The fraction of sp³-hybridized carbons (Fsp3) is 1.00. The fourth-order valence-corrected chi connectivity index (χ4v) is 2.87. The zero-order chi connectivity index (χ0) is 12.5. The molecule has 0 radical (unpaired) electrons. The minimum absolute atomic E-state index is 0.872. The lowest BCUT2D eigenvalue weighted by atomic mass is 9.91. The van der Waals surface area contributed by atoms with E-state index in [1.807, 2.05) is 26.0 Å². The predicted molar refractivity (Wildman–Crippen MR) is 76.5 cm³/mol. The maximum atomic E-state index is 3.86. The fourth-order valence-electron chi connectivity index (χ4n) is 2.87. The van der Waals surface area contributed by atoms with Crippen molar-refractivity contribution in [3.63, 3.8) is 0 Å². The van der Waals surface area contributed by atoms with Crippen LogP contribution in [0.5, 0.6) is 0 Å². The zero-order valence-corrected chi connectivity index (χ0v) is 12.2. The molecular formula is C15H32N2. The van der Waals surface area contributed by atoms with Gasteiger partial charge in [-0.1, -0.05) is 38.5 Å². The highest BCUT2D eigenvalue weighted by molar-refractivity contribution is 4.79. The quantitative estimate of drug-likeness (QED) is 0.795. The summed E-state index contributed by atoms with van der Waals surface area (Å²) in [6.45, 7) is 0. The third-order valence-electron chi connectivity index (χ3n) is 3.68. The van der Waals surface area contributed by atoms with Gasteiger partial charge in [-0.15, -0.1) is 0 Å². The first kappa shape index (κ1) is 15.0. The van der Waals surface area contributed by atoms with Gasteiger partial charge in [0.25, 0.3) is 0 Å². The Hall–Kier alpha value is -0.0800. The molecule has 0 atom stereocenters. The van der Waals surface area contributed by atoms with Gasteiger partial charge in [0.05, 0.1) is 0 Å². The summed E-state index contributed by atoms with van der Waals surface area (Å²) in [6, 6.07) is 1.74. The van der Waals surface area contributed by atoms with E-state index >= 15 is 0 Å². The molecule has 2 fully saturated rings. The molecule has 102 valence electrons. The van der Waals surface area contributed by atoms with Gasteiger partial charge in [0.1, 0.15) is 0 Å². The molecule has 2 nitrogen and oxygen atoms in total. The Kier molecular flexibility index (Phi) is 7.87. The average Bonchev–Trinajstić information content (AvgIpc) is 2.31. The van der Waals surface area contributed by atoms with Gasteiger partial charge in [-0.3, -0.25) is 0 Å². The molecule has 0 unspecified atom stereocenters. The molecule has 0 aromatic carbocycles. The molecule has 1 N–H and O–H groups in total. The largest absolute Gasteiger partial charge is 0.312 e. The van der Waals surface area contributed by atoms with Gasteiger partial charge < -0.3 is 10.2 Å². The number of hydrogen-bond acceptors (Lipinski definition) is 2. The average molecular weight is 240 g/mol. The SMILES string of the molecule is C1CCC(NC2CCCCC2)CC1.CN(C)C. The summed E-state index contributed by atoms with van der Waals surface area (Å²) in [4.78, 5) is 2.00. The van der Waals surface area contributed by atoms with Crippen molar-refractivity contribution in [2.75, 3.05) is 21.1 Å². The Morgan fingerprint density at radius 3 is 1.24 bits per heavy atom. The second kappa shape index (κ2) is 8.93. The van der Waals surface area contributed by atoms with Crippen LogP contribution in [0.4, 0.5) is 0 Å². The summed E-state index contributed by atoms with van der Waals surface area (Å²) < 4.78 is 0. The topological polar surface area (TPSA) is 15.3 Å². The second-order valence-corrected chi connectivity index (χ2v) is 6.18. The predicted octanol–water partition coefficient (Wildman–Crippen LogP) is 3.42. The zero-order valence-electron chi connectivity index (χ0n) is 12.2. The molecule has 2 aliphatic carbocycles. The third kappa shape index (κ3) is 7.77. The molecule has 0 saturated heterocycles. The smallest absolute Gasteiger partial charge is 0.00696 e. The van der Waals surface area contributed by atoms with E-state index in [2.05, 4.69) is 5.32 Å². The summed E-state index contributed by atoms with van der Waals surface area (Å²) in [5.41, 5.74) is 0. The van der Waals surface area contributed by atoms with Crippen LogP contribution in [0.2, 0.25) is 0 Å². The van der Waals surface area contributed by atoms with Gasteiger partial charge in [0.2, 0.25) is 0 Å². The van der Waals surface area contributed by atoms with Crippen LogP contribution in [0, 0.1) is 0 Å². The van der Waals surface area contributed by atoms with Gasteiger partial charge >= 0.3 is 0 Å². The Morgan fingerprint density at radius 1 is 0.647 bits per heavy atom. The van der Waals surface area contributed by atoms with Gasteiger partial charge in [0.15, 0.2) is 0 Å². The Balaban J connectivity index is 0.000000317. The molecule has 2 saturated carbocycles. The van der Waals surface area contributed by atoms with Gasteiger partial charge in [-0.25, -0.2) is 0 Å². The molecule has 0 aromatic rings. The Labute approximate surface area is 108 Å². The Morgan fingerprint density at radius 2 is 0.941 bits per heavy atom. The van der Waals surface area contributed by atoms with E-state index in [0.29, 0.717) is 0 Å². The monoisotopic (exact) mass is 240 g/mol. The van der Waals surface area contributed by atoms with E-state index in [0.717, 1.165) is 12.1 Å². The first-order valence-electron chi connectivity index (χ1n) is 7.55. The summed E-state index contributed by atoms with van der Waals surface area (Å²) in [5, 5.41) is 3.86. The summed E-state index contributed by atoms with van der Waals surface area (Å²) in [5.74, 6) is 0. The molecule has 2 rings (SSSR count). The first-order valence-corrected chi connectivity index (χ1v) is 7.55. The van der Waals surface area contributed by atoms with Crippen LogP contribution in [0.3, 0.4) is 0 Å². The van der Waals surface area contributed by atoms with E-state index in [9.17, 15) is 0 Å². The van der Waals surface area contributed by atoms with E-state index in [1.54, 1.807) is 0 Å². The molecule has 2 aliphatic rings. The minimum atomic E-state index is 0.872. The van der Waals surface area contributed by atoms with Crippen LogP contribution in [-0.4, -0.2) is 38.1 Å². The van der Waals surface area contributed by atoms with Crippen LogP contribution in [0.1, 0.15) is 64.2 Å². The van der Waals surface area contributed by atoms with Crippen molar-refractivity contribution in [2.45, 2.75) is 76.3 Å². The molecule has 0 aliphatic heterocycles. The van der Waals surface area contributed by atoms with Gasteiger partial charge in [0, 0.05) is 12.1 Å². The van der Waals surface area contributed by atoms with Crippen LogP contribution >= 0.6 is 0 Å². The summed E-state index contributed by atoms with van der Waals surface area (Å²) >= 11 is 0. The maximum absolute atomic E-state index is 3.86. The molecule has 0 bridgehead atoms. The highest BCUT2D eigenvalue weighted by Gasteiger charge is 2.19. The molecule has 0 amide bonds. The first-order chi connectivity index (χ1) is 8.18. The number of nitrogens with one attached hydrogen (secondary N) is 1. The third-order valence-corrected chi connectivity index (χ3v) is 3.68. The maximum Gasteiger partial charge on any atom is 0.00696 e. The lowest BCUT2D eigenvalue weighted by Crippen LogP contribution is -2.40. The van der Waals surface area contributed by atoms with Crippen LogP contribution in [-0.2, 0) is 0 Å². The number of hydrogen-bond donors (Lipinski definition) is 1. The lowest BCUT2D eigenvalue weighted by Gasteiger charge is -2.30. The molecular weight excluding hydrogens is 208 g/mol. The highest BCUT2D eigenvalue weighted by Crippen LogP contribution is 2.22. The van der Waals surface area contributed by atoms with Crippen LogP contribution in [0.25, 0.3) is 0 Å². The van der Waals surface area contributed by atoms with Crippen molar-refractivity contribution >= 4 is 0 Å². The number of rotatable bonds is 2. The van der Waals surface area contributed by atoms with Crippen molar-refractivity contribution in [1.29, 1.82) is 0 Å². The van der Waals surface area contributed by atoms with Gasteiger partial charge in [-0.05, 0) is 46.8 Å². The number of nitrogens with zero attached hydrogens (tertiary/aromatic N) is 1. The van der Waals surface area contributed by atoms with E-state index < -0.39 is 0 Å². The standard InChI is InChI=1S/C12H23N.C3H9N/c1-3-7-11(8-4-1)13-12-9-5-2-6-10-12;1-4(2)3/h11-13H,1-10H2;1-3H3. The second-order valence-electron chi connectivity index (χ2n) is 6.18. The van der Waals surface area contributed by atoms with E-state index in [4.69, 9.17) is 0 Å². The molecule has 2 heteroatoms. The van der Waals surface area contributed by atoms with Crippen molar-refractivity contribution < 1.29 is 0 Å². The molecule has 17 heavy (non-hydrogen) atoms. The van der Waals surface area contributed by atoms with Crippen molar-refractivity contribution in [2.24, 2.45) is 0 Å². The highest BCUT2D eigenvalue weighted by atomic mass is 15.0. The lowest BCUT2D eigenvalue weighted by molar-refractivity contribution is 0.291. The summed E-state index contributed by atoms with van der Waals surface area (Å²) in [6.07, 6.45) is 14.6. The van der Waals surface area contributed by atoms with Crippen LogP contribution in [0.15, 0.2) is 0 Å². The van der Waals surface area contributed by atoms with Gasteiger partial charge in [-0.2, -0.15) is 0 Å². The molecule has 0 heterocycles.